The van der Waals surface area contributed by atoms with Crippen molar-refractivity contribution in [2.45, 2.75) is 78.2 Å². The fourth-order valence-corrected chi connectivity index (χ4v) is 3.41. The first kappa shape index (κ1) is 27.1. The standard InChI is InChI=1S/C28H32O3S/c1-9-10-11-12-13-14-17-32-20-21(2)31-25(29)16-15-22-18-23(27(3,4)5)26(30)24(19-22)28(6,7)8/h1,18-19,21,30H,15-16,20H2,2-8H3. The van der Waals surface area contributed by atoms with E-state index in [4.69, 9.17) is 11.2 Å². The number of carbonyl (C=O) groups is 1. The fourth-order valence-electron chi connectivity index (χ4n) is 2.90. The highest BCUT2D eigenvalue weighted by Gasteiger charge is 2.26. The number of ether oxygens (including phenoxy) is 1. The molecule has 168 valence electrons. The van der Waals surface area contributed by atoms with Crippen molar-refractivity contribution in [1.82, 2.24) is 0 Å². The summed E-state index contributed by atoms with van der Waals surface area (Å²) in [5.41, 5.74) is 2.40. The number of hydrogen-bond donors (Lipinski definition) is 1. The molecule has 0 amide bonds. The van der Waals surface area contributed by atoms with E-state index in [0.717, 1.165) is 16.7 Å². The van der Waals surface area contributed by atoms with Gasteiger partial charge >= 0.3 is 5.97 Å². The Hall–Kier alpha value is -2.92. The highest BCUT2D eigenvalue weighted by Crippen LogP contribution is 2.40. The summed E-state index contributed by atoms with van der Waals surface area (Å²) in [7, 11) is 0. The average molecular weight is 449 g/mol. The molecule has 0 radical (unpaired) electrons. The summed E-state index contributed by atoms with van der Waals surface area (Å²) in [4.78, 5) is 12.3. The minimum atomic E-state index is -0.258. The van der Waals surface area contributed by atoms with Crippen molar-refractivity contribution < 1.29 is 14.6 Å². The molecule has 0 heterocycles. The lowest BCUT2D eigenvalue weighted by molar-refractivity contribution is -0.147. The number of carbonyl (C=O) groups excluding carboxylic acids is 1. The largest absolute Gasteiger partial charge is 0.507 e. The van der Waals surface area contributed by atoms with Crippen LogP contribution in [0.2, 0.25) is 0 Å². The van der Waals surface area contributed by atoms with Gasteiger partial charge in [0.2, 0.25) is 0 Å². The number of aromatic hydroxyl groups is 1. The van der Waals surface area contributed by atoms with E-state index in [1.165, 1.54) is 11.8 Å². The molecule has 1 aromatic carbocycles. The smallest absolute Gasteiger partial charge is 0.306 e. The van der Waals surface area contributed by atoms with E-state index in [-0.39, 0.29) is 29.3 Å². The minimum absolute atomic E-state index is 0.203. The number of phenols is 1. The third-order valence-electron chi connectivity index (χ3n) is 4.50. The van der Waals surface area contributed by atoms with Crippen LogP contribution < -0.4 is 0 Å². The zero-order valence-corrected chi connectivity index (χ0v) is 20.9. The molecule has 0 aliphatic rings. The van der Waals surface area contributed by atoms with Gasteiger partial charge in [-0.15, -0.1) is 6.42 Å². The van der Waals surface area contributed by atoms with E-state index in [9.17, 15) is 9.90 Å². The van der Waals surface area contributed by atoms with Crippen molar-refractivity contribution in [2.75, 3.05) is 5.75 Å². The predicted octanol–water partition coefficient (Wildman–Crippen LogP) is 5.19. The molecule has 0 aliphatic heterocycles. The molecule has 0 aliphatic carbocycles. The summed E-state index contributed by atoms with van der Waals surface area (Å²) in [6.45, 7) is 14.3. The molecule has 32 heavy (non-hydrogen) atoms. The van der Waals surface area contributed by atoms with Gasteiger partial charge in [-0.05, 0) is 81.6 Å². The SMILES string of the molecule is C#CC#CC#CC#CSCC(C)OC(=O)CCc1cc(C(C)(C)C)c(O)c(C(C)(C)C)c1. The first-order valence-electron chi connectivity index (χ1n) is 10.5. The molecular weight excluding hydrogens is 416 g/mol. The van der Waals surface area contributed by atoms with Gasteiger partial charge in [-0.3, -0.25) is 4.79 Å². The Labute approximate surface area is 198 Å². The van der Waals surface area contributed by atoms with Crippen molar-refractivity contribution >= 4 is 17.7 Å². The van der Waals surface area contributed by atoms with Gasteiger partial charge in [0.05, 0.1) is 0 Å². The summed E-state index contributed by atoms with van der Waals surface area (Å²) in [5.74, 6) is 15.4. The molecule has 0 saturated heterocycles. The molecule has 4 heteroatoms. The van der Waals surface area contributed by atoms with E-state index in [2.05, 4.69) is 82.3 Å². The maximum Gasteiger partial charge on any atom is 0.306 e. The van der Waals surface area contributed by atoms with Crippen LogP contribution in [0.1, 0.15) is 71.6 Å². The third-order valence-corrected chi connectivity index (χ3v) is 5.38. The minimum Gasteiger partial charge on any atom is -0.507 e. The Balaban J connectivity index is 2.71. The molecular formula is C28H32O3S. The summed E-state index contributed by atoms with van der Waals surface area (Å²) in [5, 5.41) is 13.7. The van der Waals surface area contributed by atoms with Gasteiger partial charge in [0.15, 0.2) is 0 Å². The Kier molecular flexibility index (Phi) is 10.3. The van der Waals surface area contributed by atoms with Crippen LogP contribution in [0.25, 0.3) is 0 Å². The van der Waals surface area contributed by atoms with Crippen molar-refractivity contribution in [3.63, 3.8) is 0 Å². The van der Waals surface area contributed by atoms with E-state index >= 15 is 0 Å². The van der Waals surface area contributed by atoms with Crippen molar-refractivity contribution in [1.29, 1.82) is 0 Å². The van der Waals surface area contributed by atoms with Crippen LogP contribution in [0, 0.1) is 47.2 Å². The first-order valence-corrected chi connectivity index (χ1v) is 11.5. The van der Waals surface area contributed by atoms with Crippen molar-refractivity contribution in [3.05, 3.63) is 28.8 Å². The van der Waals surface area contributed by atoms with Crippen LogP contribution in [0.15, 0.2) is 12.1 Å². The van der Waals surface area contributed by atoms with Gasteiger partial charge < -0.3 is 9.84 Å². The Morgan fingerprint density at radius 2 is 1.56 bits per heavy atom. The lowest BCUT2D eigenvalue weighted by Crippen LogP contribution is -2.19. The number of esters is 1. The topological polar surface area (TPSA) is 46.5 Å². The summed E-state index contributed by atoms with van der Waals surface area (Å²) < 4.78 is 5.49. The Morgan fingerprint density at radius 1 is 1.03 bits per heavy atom. The fraction of sp³-hybridized carbons (Fsp3) is 0.464. The van der Waals surface area contributed by atoms with E-state index in [1.54, 1.807) is 0 Å². The monoisotopic (exact) mass is 448 g/mol. The summed E-state index contributed by atoms with van der Waals surface area (Å²) in [6.07, 6.45) is 5.56. The van der Waals surface area contributed by atoms with Crippen LogP contribution in [0.3, 0.4) is 0 Å². The first-order chi connectivity index (χ1) is 14.9. The molecule has 0 bridgehead atoms. The number of aryl methyl sites for hydroxylation is 1. The number of hydrogen-bond acceptors (Lipinski definition) is 4. The van der Waals surface area contributed by atoms with Crippen LogP contribution in [-0.2, 0) is 26.8 Å². The zero-order valence-electron chi connectivity index (χ0n) is 20.1. The molecule has 0 saturated carbocycles. The van der Waals surface area contributed by atoms with Crippen molar-refractivity contribution in [3.8, 4) is 52.9 Å². The van der Waals surface area contributed by atoms with Gasteiger partial charge in [0.1, 0.15) is 11.9 Å². The lowest BCUT2D eigenvalue weighted by atomic mass is 9.78. The van der Waals surface area contributed by atoms with Gasteiger partial charge in [-0.2, -0.15) is 0 Å². The quantitative estimate of drug-likeness (QED) is 0.481. The predicted molar refractivity (Wildman–Crippen MR) is 134 cm³/mol. The number of rotatable bonds is 6. The summed E-state index contributed by atoms with van der Waals surface area (Å²) >= 11 is 1.34. The molecule has 3 nitrogen and oxygen atoms in total. The second-order valence-electron chi connectivity index (χ2n) is 9.52. The van der Waals surface area contributed by atoms with E-state index in [1.807, 2.05) is 19.1 Å². The highest BCUT2D eigenvalue weighted by molar-refractivity contribution is 8.03. The normalized spacial score (nSPS) is 11.4. The van der Waals surface area contributed by atoms with Gasteiger partial charge in [-0.1, -0.05) is 65.4 Å². The van der Waals surface area contributed by atoms with E-state index < -0.39 is 0 Å². The second-order valence-corrected chi connectivity index (χ2v) is 10.3. The maximum absolute atomic E-state index is 12.3. The molecule has 1 aromatic rings. The van der Waals surface area contributed by atoms with Crippen molar-refractivity contribution in [2.24, 2.45) is 0 Å². The van der Waals surface area contributed by atoms with E-state index in [0.29, 0.717) is 17.9 Å². The van der Waals surface area contributed by atoms with Gasteiger partial charge in [0, 0.05) is 12.2 Å². The molecule has 0 aromatic heterocycles. The number of thioether (sulfide) groups is 1. The molecule has 1 atom stereocenters. The number of phenolic OH excluding ortho intramolecular Hbond substituents is 1. The summed E-state index contributed by atoms with van der Waals surface area (Å²) in [6, 6.07) is 4.00. The number of terminal acetylenes is 1. The van der Waals surface area contributed by atoms with Gasteiger partial charge in [0.25, 0.3) is 0 Å². The molecule has 1 unspecified atom stereocenters. The number of benzene rings is 1. The van der Waals surface area contributed by atoms with Crippen LogP contribution in [0.4, 0.5) is 0 Å². The highest BCUT2D eigenvalue weighted by atomic mass is 32.2. The maximum atomic E-state index is 12.3. The Morgan fingerprint density at radius 3 is 2.09 bits per heavy atom. The van der Waals surface area contributed by atoms with Gasteiger partial charge in [-0.25, -0.2) is 0 Å². The van der Waals surface area contributed by atoms with Crippen LogP contribution in [0.5, 0.6) is 5.75 Å². The molecule has 0 fully saturated rings. The molecule has 1 N–H and O–H groups in total. The Bertz CT molecular complexity index is 1010. The van der Waals surface area contributed by atoms with Crippen LogP contribution >= 0.6 is 11.8 Å². The molecule has 1 rings (SSSR count). The average Bonchev–Trinajstić information content (AvgIpc) is 2.67. The lowest BCUT2D eigenvalue weighted by Gasteiger charge is -2.28. The zero-order chi connectivity index (χ0) is 24.4. The third kappa shape index (κ3) is 9.48. The second kappa shape index (κ2) is 12.2. The molecule has 0 spiro atoms. The van der Waals surface area contributed by atoms with Crippen LogP contribution in [-0.4, -0.2) is 22.9 Å².